The van der Waals surface area contributed by atoms with Crippen LogP contribution in [0.2, 0.25) is 5.02 Å². The number of halogens is 1. The molecule has 0 aliphatic heterocycles. The molecule has 0 unspecified atom stereocenters. The molecular weight excluding hydrogens is 212 g/mol. The van der Waals surface area contributed by atoms with Crippen LogP contribution in [0.5, 0.6) is 5.75 Å². The molecule has 3 nitrogen and oxygen atoms in total. The Morgan fingerprint density at radius 3 is 2.80 bits per heavy atom. The molecule has 15 heavy (non-hydrogen) atoms. The number of methoxy groups -OCH3 is 1. The van der Waals surface area contributed by atoms with Gasteiger partial charge in [-0.1, -0.05) is 11.6 Å². The van der Waals surface area contributed by atoms with Crippen molar-refractivity contribution in [3.63, 3.8) is 0 Å². The summed E-state index contributed by atoms with van der Waals surface area (Å²) < 4.78 is 5.14. The molecular formula is C11H15ClN2O. The number of ether oxygens (including phenoxy) is 1. The molecule has 1 aromatic carbocycles. The van der Waals surface area contributed by atoms with Crippen LogP contribution in [0.3, 0.4) is 0 Å². The molecule has 0 bridgehead atoms. The van der Waals surface area contributed by atoms with Gasteiger partial charge in [0, 0.05) is 18.2 Å². The maximum atomic E-state index is 6.07. The van der Waals surface area contributed by atoms with E-state index >= 15 is 0 Å². The molecule has 4 heteroatoms. The van der Waals surface area contributed by atoms with Crippen LogP contribution in [-0.2, 0) is 0 Å². The Bertz CT molecular complexity index is 350. The first-order valence-electron chi connectivity index (χ1n) is 5.04. The van der Waals surface area contributed by atoms with E-state index in [-0.39, 0.29) is 0 Å². The Morgan fingerprint density at radius 1 is 1.47 bits per heavy atom. The van der Waals surface area contributed by atoms with Gasteiger partial charge in [-0.25, -0.2) is 0 Å². The minimum absolute atomic E-state index is 0.340. The molecule has 3 N–H and O–H groups in total. The Labute approximate surface area is 94.6 Å². The molecule has 1 aromatic rings. The van der Waals surface area contributed by atoms with E-state index in [0.29, 0.717) is 12.1 Å². The third-order valence-electron chi connectivity index (χ3n) is 2.71. The van der Waals surface area contributed by atoms with Crippen molar-refractivity contribution in [1.82, 2.24) is 0 Å². The van der Waals surface area contributed by atoms with E-state index in [2.05, 4.69) is 5.32 Å². The van der Waals surface area contributed by atoms with Gasteiger partial charge >= 0.3 is 0 Å². The molecule has 0 aromatic heterocycles. The van der Waals surface area contributed by atoms with E-state index < -0.39 is 0 Å². The minimum atomic E-state index is 0.340. The Kier molecular flexibility index (Phi) is 3.03. The minimum Gasteiger partial charge on any atom is -0.497 e. The fourth-order valence-electron chi connectivity index (χ4n) is 1.74. The molecule has 1 saturated carbocycles. The number of nitrogens with one attached hydrogen (secondary N) is 1. The van der Waals surface area contributed by atoms with Crippen molar-refractivity contribution in [3.8, 4) is 5.75 Å². The molecule has 0 radical (unpaired) electrons. The Balaban J connectivity index is 2.06. The third kappa shape index (κ3) is 2.36. The molecule has 1 aliphatic carbocycles. The fraction of sp³-hybridized carbons (Fsp3) is 0.455. The highest BCUT2D eigenvalue weighted by atomic mass is 35.5. The summed E-state index contributed by atoms with van der Waals surface area (Å²) in [4.78, 5) is 0. The van der Waals surface area contributed by atoms with Gasteiger partial charge in [0.25, 0.3) is 0 Å². The van der Waals surface area contributed by atoms with Gasteiger partial charge in [-0.15, -0.1) is 0 Å². The highest BCUT2D eigenvalue weighted by Crippen LogP contribution is 2.30. The maximum absolute atomic E-state index is 6.07. The van der Waals surface area contributed by atoms with Crippen LogP contribution < -0.4 is 15.8 Å². The van der Waals surface area contributed by atoms with E-state index in [1.54, 1.807) is 7.11 Å². The van der Waals surface area contributed by atoms with E-state index in [4.69, 9.17) is 22.1 Å². The van der Waals surface area contributed by atoms with E-state index in [0.717, 1.165) is 29.3 Å². The zero-order valence-corrected chi connectivity index (χ0v) is 9.42. The smallest absolute Gasteiger partial charge is 0.121 e. The van der Waals surface area contributed by atoms with Gasteiger partial charge in [-0.3, -0.25) is 0 Å². The zero-order chi connectivity index (χ0) is 10.8. The van der Waals surface area contributed by atoms with Crippen molar-refractivity contribution < 1.29 is 4.74 Å². The van der Waals surface area contributed by atoms with Gasteiger partial charge < -0.3 is 15.8 Å². The average Bonchev–Trinajstić information content (AvgIpc) is 2.19. The normalized spacial score (nSPS) is 24.5. The standard InChI is InChI=1S/C11H15ClN2O/c1-15-9-2-3-10(12)11(6-9)14-8-4-7(13)5-8/h2-3,6-8,14H,4-5,13H2,1H3. The highest BCUT2D eigenvalue weighted by Gasteiger charge is 2.26. The molecule has 82 valence electrons. The van der Waals surface area contributed by atoms with Crippen LogP contribution >= 0.6 is 11.6 Å². The number of anilines is 1. The maximum Gasteiger partial charge on any atom is 0.121 e. The summed E-state index contributed by atoms with van der Waals surface area (Å²) in [6.07, 6.45) is 2.01. The second-order valence-electron chi connectivity index (χ2n) is 3.92. The predicted octanol–water partition coefficient (Wildman–Crippen LogP) is 2.25. The summed E-state index contributed by atoms with van der Waals surface area (Å²) in [6, 6.07) is 6.38. The summed E-state index contributed by atoms with van der Waals surface area (Å²) in [5.74, 6) is 0.811. The van der Waals surface area contributed by atoms with Gasteiger partial charge in [0.15, 0.2) is 0 Å². The topological polar surface area (TPSA) is 47.3 Å². The molecule has 1 fully saturated rings. The van der Waals surface area contributed by atoms with Crippen molar-refractivity contribution >= 4 is 17.3 Å². The summed E-state index contributed by atoms with van der Waals surface area (Å²) in [7, 11) is 1.65. The lowest BCUT2D eigenvalue weighted by atomic mass is 9.87. The molecule has 0 heterocycles. The summed E-state index contributed by atoms with van der Waals surface area (Å²) >= 11 is 6.07. The van der Waals surface area contributed by atoms with Gasteiger partial charge in [0.1, 0.15) is 5.75 Å². The van der Waals surface area contributed by atoms with Crippen LogP contribution in [0.4, 0.5) is 5.69 Å². The van der Waals surface area contributed by atoms with Gasteiger partial charge in [0.05, 0.1) is 17.8 Å². The first kappa shape index (κ1) is 10.6. The Morgan fingerprint density at radius 2 is 2.20 bits per heavy atom. The molecule has 0 saturated heterocycles. The number of benzene rings is 1. The van der Waals surface area contributed by atoms with Crippen molar-refractivity contribution in [3.05, 3.63) is 23.2 Å². The quantitative estimate of drug-likeness (QED) is 0.831. The lowest BCUT2D eigenvalue weighted by Crippen LogP contribution is -2.44. The predicted molar refractivity (Wildman–Crippen MR) is 62.6 cm³/mol. The lowest BCUT2D eigenvalue weighted by Gasteiger charge is -2.34. The number of hydrogen-bond donors (Lipinski definition) is 2. The SMILES string of the molecule is COc1ccc(Cl)c(NC2CC(N)C2)c1. The van der Waals surface area contributed by atoms with Crippen molar-refractivity contribution in [2.24, 2.45) is 5.73 Å². The molecule has 0 atom stereocenters. The number of nitrogens with two attached hydrogens (primary N) is 1. The van der Waals surface area contributed by atoms with Crippen LogP contribution in [-0.4, -0.2) is 19.2 Å². The summed E-state index contributed by atoms with van der Waals surface area (Å²) in [6.45, 7) is 0. The average molecular weight is 227 g/mol. The van der Waals surface area contributed by atoms with Crippen LogP contribution in [0.1, 0.15) is 12.8 Å². The van der Waals surface area contributed by atoms with Crippen LogP contribution in [0.25, 0.3) is 0 Å². The third-order valence-corrected chi connectivity index (χ3v) is 3.04. The highest BCUT2D eigenvalue weighted by molar-refractivity contribution is 6.33. The second-order valence-corrected chi connectivity index (χ2v) is 4.33. The van der Waals surface area contributed by atoms with E-state index in [1.807, 2.05) is 18.2 Å². The van der Waals surface area contributed by atoms with Gasteiger partial charge in [0.2, 0.25) is 0 Å². The van der Waals surface area contributed by atoms with Crippen molar-refractivity contribution in [2.75, 3.05) is 12.4 Å². The van der Waals surface area contributed by atoms with Crippen LogP contribution in [0, 0.1) is 0 Å². The monoisotopic (exact) mass is 226 g/mol. The molecule has 0 amide bonds. The summed E-state index contributed by atoms with van der Waals surface area (Å²) in [5, 5.41) is 4.08. The first-order chi connectivity index (χ1) is 7.19. The lowest BCUT2D eigenvalue weighted by molar-refractivity contribution is 0.373. The number of hydrogen-bond acceptors (Lipinski definition) is 3. The largest absolute Gasteiger partial charge is 0.497 e. The van der Waals surface area contributed by atoms with Gasteiger partial charge in [-0.2, -0.15) is 0 Å². The first-order valence-corrected chi connectivity index (χ1v) is 5.42. The summed E-state index contributed by atoms with van der Waals surface area (Å²) in [5.41, 5.74) is 6.64. The van der Waals surface area contributed by atoms with Crippen molar-refractivity contribution in [1.29, 1.82) is 0 Å². The zero-order valence-electron chi connectivity index (χ0n) is 8.66. The molecule has 0 spiro atoms. The Hall–Kier alpha value is -0.930. The van der Waals surface area contributed by atoms with Gasteiger partial charge in [-0.05, 0) is 25.0 Å². The number of rotatable bonds is 3. The fourth-order valence-corrected chi connectivity index (χ4v) is 1.91. The van der Waals surface area contributed by atoms with E-state index in [1.165, 1.54) is 0 Å². The van der Waals surface area contributed by atoms with Crippen LogP contribution in [0.15, 0.2) is 18.2 Å². The van der Waals surface area contributed by atoms with E-state index in [9.17, 15) is 0 Å². The second kappa shape index (κ2) is 4.29. The van der Waals surface area contributed by atoms with Crippen molar-refractivity contribution in [2.45, 2.75) is 24.9 Å². The molecule has 2 rings (SSSR count). The molecule has 1 aliphatic rings.